The molecule has 0 fully saturated rings. The van der Waals surface area contributed by atoms with Crippen LogP contribution in [-0.4, -0.2) is 21.3 Å². The summed E-state index contributed by atoms with van der Waals surface area (Å²) in [5.41, 5.74) is 10.3. The van der Waals surface area contributed by atoms with Gasteiger partial charge in [0.25, 0.3) is 0 Å². The van der Waals surface area contributed by atoms with E-state index in [0.717, 1.165) is 22.8 Å². The number of rotatable bonds is 5. The normalized spacial score (nSPS) is 12.5. The van der Waals surface area contributed by atoms with Gasteiger partial charge in [0.05, 0.1) is 28.7 Å². The molecule has 0 radical (unpaired) electrons. The topological polar surface area (TPSA) is 56.7 Å². The van der Waals surface area contributed by atoms with Crippen LogP contribution in [0.3, 0.4) is 0 Å². The van der Waals surface area contributed by atoms with Crippen LogP contribution in [0.15, 0.2) is 60.8 Å². The predicted octanol–water partition coefficient (Wildman–Crippen LogP) is 3.48. The van der Waals surface area contributed by atoms with Crippen LogP contribution in [-0.2, 0) is 0 Å². The number of hydrogen-bond donors (Lipinski definition) is 1. The molecule has 2 aromatic heterocycles. The van der Waals surface area contributed by atoms with Gasteiger partial charge in [0.2, 0.25) is 0 Å². The highest BCUT2D eigenvalue weighted by atomic mass is 15.3. The van der Waals surface area contributed by atoms with Crippen LogP contribution in [0.4, 0.5) is 0 Å². The summed E-state index contributed by atoms with van der Waals surface area (Å²) in [6, 6.07) is 18.3. The number of para-hydroxylation sites is 1. The van der Waals surface area contributed by atoms with Gasteiger partial charge >= 0.3 is 0 Å². The van der Waals surface area contributed by atoms with E-state index in [-0.39, 0.29) is 5.92 Å². The van der Waals surface area contributed by atoms with Crippen LogP contribution >= 0.6 is 0 Å². The van der Waals surface area contributed by atoms with Crippen molar-refractivity contribution in [3.8, 4) is 5.69 Å². The monoisotopic (exact) mass is 306 g/mol. The molecule has 23 heavy (non-hydrogen) atoms. The number of pyridine rings is 1. The number of benzene rings is 1. The largest absolute Gasteiger partial charge is 0.329 e. The molecule has 0 bridgehead atoms. The molecule has 0 aliphatic heterocycles. The summed E-state index contributed by atoms with van der Waals surface area (Å²) in [6.45, 7) is 4.80. The van der Waals surface area contributed by atoms with Crippen LogP contribution in [0, 0.1) is 0 Å². The molecule has 4 nitrogen and oxygen atoms in total. The van der Waals surface area contributed by atoms with Gasteiger partial charge in [-0.3, -0.25) is 4.98 Å². The zero-order chi connectivity index (χ0) is 16.2. The standard InChI is InChI=1S/C19H22N4/c1-14(2)18-12-19(16(13-20)17-10-6-7-11-21-17)23(22-18)15-8-4-3-5-9-15/h3-12,14,16H,13,20H2,1-2H3. The van der Waals surface area contributed by atoms with Gasteiger partial charge in [-0.2, -0.15) is 5.10 Å². The molecule has 118 valence electrons. The van der Waals surface area contributed by atoms with E-state index >= 15 is 0 Å². The lowest BCUT2D eigenvalue weighted by atomic mass is 9.99. The molecule has 1 aromatic carbocycles. The van der Waals surface area contributed by atoms with Crippen LogP contribution in [0.5, 0.6) is 0 Å². The van der Waals surface area contributed by atoms with Crippen molar-refractivity contribution in [3.05, 3.63) is 77.9 Å². The van der Waals surface area contributed by atoms with Crippen molar-refractivity contribution < 1.29 is 0 Å². The second kappa shape index (κ2) is 6.75. The van der Waals surface area contributed by atoms with Gasteiger partial charge in [0.1, 0.15) is 0 Å². The van der Waals surface area contributed by atoms with E-state index in [1.54, 1.807) is 0 Å². The summed E-state index contributed by atoms with van der Waals surface area (Å²) < 4.78 is 2.00. The fourth-order valence-electron chi connectivity index (χ4n) is 2.70. The Bertz CT molecular complexity index is 748. The molecule has 0 saturated heterocycles. The maximum absolute atomic E-state index is 6.09. The Labute approximate surface area is 137 Å². The summed E-state index contributed by atoms with van der Waals surface area (Å²) in [4.78, 5) is 4.49. The Morgan fingerprint density at radius 3 is 2.35 bits per heavy atom. The number of nitrogens with two attached hydrogens (primary N) is 1. The first-order valence-electron chi connectivity index (χ1n) is 7.97. The minimum atomic E-state index is 0.0245. The third kappa shape index (κ3) is 3.17. The first-order chi connectivity index (χ1) is 11.2. The van der Waals surface area contributed by atoms with E-state index in [1.807, 2.05) is 47.3 Å². The molecule has 0 spiro atoms. The second-order valence-electron chi connectivity index (χ2n) is 5.94. The molecular weight excluding hydrogens is 284 g/mol. The summed E-state index contributed by atoms with van der Waals surface area (Å²) in [5, 5.41) is 4.81. The van der Waals surface area contributed by atoms with E-state index < -0.39 is 0 Å². The van der Waals surface area contributed by atoms with Gasteiger partial charge in [-0.1, -0.05) is 38.1 Å². The highest BCUT2D eigenvalue weighted by molar-refractivity contribution is 5.37. The van der Waals surface area contributed by atoms with Crippen LogP contribution in [0.25, 0.3) is 5.69 Å². The van der Waals surface area contributed by atoms with E-state index in [2.05, 4.69) is 37.0 Å². The first kappa shape index (κ1) is 15.4. The molecule has 1 unspecified atom stereocenters. The minimum Gasteiger partial charge on any atom is -0.329 e. The molecule has 4 heteroatoms. The highest BCUT2D eigenvalue weighted by Gasteiger charge is 2.21. The van der Waals surface area contributed by atoms with Crippen molar-refractivity contribution in [1.29, 1.82) is 0 Å². The third-order valence-corrected chi connectivity index (χ3v) is 3.99. The lowest BCUT2D eigenvalue weighted by Gasteiger charge is -2.16. The highest BCUT2D eigenvalue weighted by Crippen LogP contribution is 2.27. The summed E-state index contributed by atoms with van der Waals surface area (Å²) in [7, 11) is 0. The van der Waals surface area contributed by atoms with Gasteiger partial charge in [-0.05, 0) is 36.2 Å². The number of aromatic nitrogens is 3. The summed E-state index contributed by atoms with van der Waals surface area (Å²) in [5.74, 6) is 0.386. The molecule has 0 amide bonds. The summed E-state index contributed by atoms with van der Waals surface area (Å²) >= 11 is 0. The fraction of sp³-hybridized carbons (Fsp3) is 0.263. The Morgan fingerprint density at radius 1 is 1.00 bits per heavy atom. The van der Waals surface area contributed by atoms with Crippen molar-refractivity contribution in [2.24, 2.45) is 5.73 Å². The molecule has 0 aliphatic carbocycles. The molecule has 0 aliphatic rings. The molecule has 2 heterocycles. The van der Waals surface area contributed by atoms with Crippen molar-refractivity contribution in [3.63, 3.8) is 0 Å². The molecule has 0 saturated carbocycles. The Balaban J connectivity index is 2.13. The van der Waals surface area contributed by atoms with Crippen molar-refractivity contribution in [1.82, 2.24) is 14.8 Å². The van der Waals surface area contributed by atoms with Gasteiger partial charge in [0.15, 0.2) is 0 Å². The Kier molecular flexibility index (Phi) is 4.53. The van der Waals surface area contributed by atoms with Gasteiger partial charge < -0.3 is 5.73 Å². The number of hydrogen-bond acceptors (Lipinski definition) is 3. The smallest absolute Gasteiger partial charge is 0.0657 e. The Hall–Kier alpha value is -2.46. The zero-order valence-corrected chi connectivity index (χ0v) is 13.6. The second-order valence-corrected chi connectivity index (χ2v) is 5.94. The van der Waals surface area contributed by atoms with Crippen LogP contribution < -0.4 is 5.73 Å². The van der Waals surface area contributed by atoms with Crippen molar-refractivity contribution >= 4 is 0 Å². The van der Waals surface area contributed by atoms with Crippen LogP contribution in [0.1, 0.15) is 42.8 Å². The van der Waals surface area contributed by atoms with Crippen molar-refractivity contribution in [2.45, 2.75) is 25.7 Å². The quantitative estimate of drug-likeness (QED) is 0.785. The van der Waals surface area contributed by atoms with Gasteiger partial charge in [0, 0.05) is 12.7 Å². The maximum Gasteiger partial charge on any atom is 0.0657 e. The van der Waals surface area contributed by atoms with Gasteiger partial charge in [-0.15, -0.1) is 0 Å². The summed E-state index contributed by atoms with van der Waals surface area (Å²) in [6.07, 6.45) is 1.81. The average Bonchev–Trinajstić information content (AvgIpc) is 3.03. The molecule has 1 atom stereocenters. The number of nitrogens with zero attached hydrogens (tertiary/aromatic N) is 3. The van der Waals surface area contributed by atoms with E-state index in [9.17, 15) is 0 Å². The minimum absolute atomic E-state index is 0.0245. The lowest BCUT2D eigenvalue weighted by molar-refractivity contribution is 0.694. The first-order valence-corrected chi connectivity index (χ1v) is 7.97. The maximum atomic E-state index is 6.09. The third-order valence-electron chi connectivity index (χ3n) is 3.99. The average molecular weight is 306 g/mol. The van der Waals surface area contributed by atoms with E-state index in [0.29, 0.717) is 12.5 Å². The lowest BCUT2D eigenvalue weighted by Crippen LogP contribution is -2.18. The van der Waals surface area contributed by atoms with Gasteiger partial charge in [-0.25, -0.2) is 4.68 Å². The molecule has 3 aromatic rings. The molecule has 2 N–H and O–H groups in total. The fourth-order valence-corrected chi connectivity index (χ4v) is 2.70. The SMILES string of the molecule is CC(C)c1cc(C(CN)c2ccccn2)n(-c2ccccc2)n1. The molecule has 3 rings (SSSR count). The van der Waals surface area contributed by atoms with Crippen LogP contribution in [0.2, 0.25) is 0 Å². The molecular formula is C19H22N4. The van der Waals surface area contributed by atoms with E-state index in [4.69, 9.17) is 10.8 Å². The predicted molar refractivity (Wildman–Crippen MR) is 92.8 cm³/mol. The Morgan fingerprint density at radius 2 is 1.74 bits per heavy atom. The van der Waals surface area contributed by atoms with Crippen molar-refractivity contribution in [2.75, 3.05) is 6.54 Å². The zero-order valence-electron chi connectivity index (χ0n) is 13.6. The van der Waals surface area contributed by atoms with E-state index in [1.165, 1.54) is 0 Å².